The van der Waals surface area contributed by atoms with E-state index in [0.29, 0.717) is 24.8 Å². The van der Waals surface area contributed by atoms with Crippen LogP contribution in [0.2, 0.25) is 0 Å². The Bertz CT molecular complexity index is 819. The van der Waals surface area contributed by atoms with E-state index in [1.54, 1.807) is 11.8 Å². The second-order valence-electron chi connectivity index (χ2n) is 7.75. The number of rotatable bonds is 10. The number of nitrogens with zero attached hydrogens (tertiary/aromatic N) is 1. The number of benzene rings is 2. The standard InChI is InChI=1S/C24H31BrN2O3/c1-5-19-8-12-22(13-9-19)30-16-23(28)27(15-20-6-10-21(25)11-7-20)18(4)24(29)26-14-17(2)3/h6-13,17-18H,5,14-16H2,1-4H3,(H,26,29). The molecule has 0 radical (unpaired) electrons. The van der Waals surface area contributed by atoms with Crippen molar-refractivity contribution >= 4 is 27.7 Å². The summed E-state index contributed by atoms with van der Waals surface area (Å²) in [6, 6.07) is 14.8. The van der Waals surface area contributed by atoms with E-state index in [4.69, 9.17) is 4.74 Å². The van der Waals surface area contributed by atoms with Crippen molar-refractivity contribution in [3.05, 3.63) is 64.1 Å². The van der Waals surface area contributed by atoms with Gasteiger partial charge >= 0.3 is 0 Å². The number of aryl methyl sites for hydroxylation is 1. The lowest BCUT2D eigenvalue weighted by Crippen LogP contribution is -2.49. The van der Waals surface area contributed by atoms with Crippen molar-refractivity contribution in [3.8, 4) is 5.75 Å². The maximum Gasteiger partial charge on any atom is 0.261 e. The summed E-state index contributed by atoms with van der Waals surface area (Å²) in [4.78, 5) is 27.2. The Hall–Kier alpha value is -2.34. The van der Waals surface area contributed by atoms with Crippen molar-refractivity contribution in [3.63, 3.8) is 0 Å². The molecule has 2 rings (SSSR count). The van der Waals surface area contributed by atoms with Crippen LogP contribution in [0.4, 0.5) is 0 Å². The third-order valence-electron chi connectivity index (χ3n) is 4.81. The number of nitrogens with one attached hydrogen (secondary N) is 1. The lowest BCUT2D eigenvalue weighted by molar-refractivity contribution is -0.142. The average molecular weight is 475 g/mol. The van der Waals surface area contributed by atoms with Crippen LogP contribution in [0.1, 0.15) is 38.8 Å². The number of amides is 2. The molecule has 0 heterocycles. The van der Waals surface area contributed by atoms with Gasteiger partial charge in [0.1, 0.15) is 11.8 Å². The first-order chi connectivity index (χ1) is 14.3. The normalized spacial score (nSPS) is 11.8. The Kier molecular flexibility index (Phi) is 9.37. The van der Waals surface area contributed by atoms with Crippen LogP contribution in [0.15, 0.2) is 53.0 Å². The highest BCUT2D eigenvalue weighted by atomic mass is 79.9. The number of hydrogen-bond acceptors (Lipinski definition) is 3. The van der Waals surface area contributed by atoms with Crippen molar-refractivity contribution in [2.45, 2.75) is 46.7 Å². The molecule has 0 bridgehead atoms. The molecule has 5 nitrogen and oxygen atoms in total. The Morgan fingerprint density at radius 2 is 1.60 bits per heavy atom. The molecular weight excluding hydrogens is 444 g/mol. The molecule has 0 saturated heterocycles. The number of carbonyl (C=O) groups excluding carboxylic acids is 2. The van der Waals surface area contributed by atoms with Gasteiger partial charge in [-0.15, -0.1) is 0 Å². The fraction of sp³-hybridized carbons (Fsp3) is 0.417. The van der Waals surface area contributed by atoms with E-state index >= 15 is 0 Å². The molecule has 2 amide bonds. The number of hydrogen-bond donors (Lipinski definition) is 1. The largest absolute Gasteiger partial charge is 0.484 e. The summed E-state index contributed by atoms with van der Waals surface area (Å²) in [5.41, 5.74) is 2.16. The van der Waals surface area contributed by atoms with Crippen molar-refractivity contribution in [1.82, 2.24) is 10.2 Å². The second kappa shape index (κ2) is 11.7. The highest BCUT2D eigenvalue weighted by Crippen LogP contribution is 2.16. The van der Waals surface area contributed by atoms with Crippen molar-refractivity contribution < 1.29 is 14.3 Å². The van der Waals surface area contributed by atoms with Crippen molar-refractivity contribution in [1.29, 1.82) is 0 Å². The van der Waals surface area contributed by atoms with E-state index in [1.165, 1.54) is 5.56 Å². The highest BCUT2D eigenvalue weighted by Gasteiger charge is 2.26. The summed E-state index contributed by atoms with van der Waals surface area (Å²) in [6.07, 6.45) is 0.948. The van der Waals surface area contributed by atoms with Crippen LogP contribution in [0.5, 0.6) is 5.75 Å². The molecular formula is C24H31BrN2O3. The van der Waals surface area contributed by atoms with Gasteiger partial charge in [-0.3, -0.25) is 9.59 Å². The molecule has 0 aliphatic rings. The fourth-order valence-electron chi connectivity index (χ4n) is 2.87. The van der Waals surface area contributed by atoms with Gasteiger partial charge in [-0.2, -0.15) is 0 Å². The minimum Gasteiger partial charge on any atom is -0.484 e. The van der Waals surface area contributed by atoms with E-state index in [2.05, 4.69) is 28.2 Å². The number of carbonyl (C=O) groups is 2. The van der Waals surface area contributed by atoms with Crippen molar-refractivity contribution in [2.75, 3.05) is 13.2 Å². The summed E-state index contributed by atoms with van der Waals surface area (Å²) >= 11 is 3.42. The van der Waals surface area contributed by atoms with Crippen LogP contribution in [0, 0.1) is 5.92 Å². The minimum absolute atomic E-state index is 0.121. The van der Waals surface area contributed by atoms with Crippen LogP contribution in [-0.4, -0.2) is 35.9 Å². The van der Waals surface area contributed by atoms with Gasteiger partial charge in [-0.1, -0.05) is 61.0 Å². The zero-order chi connectivity index (χ0) is 22.1. The smallest absolute Gasteiger partial charge is 0.261 e. The molecule has 1 unspecified atom stereocenters. The van der Waals surface area contributed by atoms with E-state index < -0.39 is 6.04 Å². The Morgan fingerprint density at radius 3 is 2.17 bits per heavy atom. The Balaban J connectivity index is 2.10. The third-order valence-corrected chi connectivity index (χ3v) is 5.34. The molecule has 162 valence electrons. The zero-order valence-corrected chi connectivity index (χ0v) is 19.7. The molecule has 6 heteroatoms. The van der Waals surface area contributed by atoms with Crippen LogP contribution in [-0.2, 0) is 22.6 Å². The topological polar surface area (TPSA) is 58.6 Å². The van der Waals surface area contributed by atoms with Crippen LogP contribution < -0.4 is 10.1 Å². The molecule has 2 aromatic carbocycles. The average Bonchev–Trinajstić information content (AvgIpc) is 2.75. The first-order valence-electron chi connectivity index (χ1n) is 10.3. The van der Waals surface area contributed by atoms with Crippen LogP contribution >= 0.6 is 15.9 Å². The maximum atomic E-state index is 13.0. The summed E-state index contributed by atoms with van der Waals surface area (Å²) < 4.78 is 6.67. The van der Waals surface area contributed by atoms with Gasteiger partial charge in [0.2, 0.25) is 5.91 Å². The number of halogens is 1. The van der Waals surface area contributed by atoms with Crippen LogP contribution in [0.25, 0.3) is 0 Å². The first-order valence-corrected chi connectivity index (χ1v) is 11.1. The van der Waals surface area contributed by atoms with Gasteiger partial charge in [0.15, 0.2) is 6.61 Å². The molecule has 0 aliphatic carbocycles. The first kappa shape index (κ1) is 23.9. The zero-order valence-electron chi connectivity index (χ0n) is 18.2. The lowest BCUT2D eigenvalue weighted by atomic mass is 10.1. The van der Waals surface area contributed by atoms with Gasteiger partial charge in [0.25, 0.3) is 5.91 Å². The van der Waals surface area contributed by atoms with E-state index in [9.17, 15) is 9.59 Å². The third kappa shape index (κ3) is 7.48. The molecule has 0 spiro atoms. The van der Waals surface area contributed by atoms with Gasteiger partial charge < -0.3 is 15.0 Å². The Morgan fingerprint density at radius 1 is 1.00 bits per heavy atom. The summed E-state index contributed by atoms with van der Waals surface area (Å²) in [5, 5.41) is 2.92. The summed E-state index contributed by atoms with van der Waals surface area (Å²) in [6.45, 7) is 8.70. The van der Waals surface area contributed by atoms with Gasteiger partial charge in [0, 0.05) is 17.6 Å². The molecule has 0 fully saturated rings. The molecule has 1 atom stereocenters. The monoisotopic (exact) mass is 474 g/mol. The second-order valence-corrected chi connectivity index (χ2v) is 8.66. The quantitative estimate of drug-likeness (QED) is 0.548. The van der Waals surface area contributed by atoms with Gasteiger partial charge in [-0.05, 0) is 54.7 Å². The molecule has 1 N–H and O–H groups in total. The molecule has 30 heavy (non-hydrogen) atoms. The molecule has 0 aromatic heterocycles. The van der Waals surface area contributed by atoms with Gasteiger partial charge in [0.05, 0.1) is 0 Å². The maximum absolute atomic E-state index is 13.0. The minimum atomic E-state index is -0.606. The molecule has 0 aliphatic heterocycles. The Labute approximate surface area is 187 Å². The van der Waals surface area contributed by atoms with Crippen LogP contribution in [0.3, 0.4) is 0 Å². The SMILES string of the molecule is CCc1ccc(OCC(=O)N(Cc2ccc(Br)cc2)C(C)C(=O)NCC(C)C)cc1. The van der Waals surface area contributed by atoms with E-state index in [-0.39, 0.29) is 18.4 Å². The highest BCUT2D eigenvalue weighted by molar-refractivity contribution is 9.10. The fourth-order valence-corrected chi connectivity index (χ4v) is 3.14. The number of ether oxygens (including phenoxy) is 1. The predicted octanol–water partition coefficient (Wildman–Crippen LogP) is 4.58. The molecule has 2 aromatic rings. The molecule has 0 saturated carbocycles. The van der Waals surface area contributed by atoms with Gasteiger partial charge in [-0.25, -0.2) is 0 Å². The van der Waals surface area contributed by atoms with E-state index in [1.807, 2.05) is 62.4 Å². The predicted molar refractivity (Wildman–Crippen MR) is 123 cm³/mol. The van der Waals surface area contributed by atoms with E-state index in [0.717, 1.165) is 16.5 Å². The summed E-state index contributed by atoms with van der Waals surface area (Å²) in [7, 11) is 0. The lowest BCUT2D eigenvalue weighted by Gasteiger charge is -2.29. The van der Waals surface area contributed by atoms with Crippen molar-refractivity contribution in [2.24, 2.45) is 5.92 Å². The summed E-state index contributed by atoms with van der Waals surface area (Å²) in [5.74, 6) is 0.582.